The Labute approximate surface area is 209 Å². The van der Waals surface area contributed by atoms with Crippen LogP contribution in [0.15, 0.2) is 36.4 Å². The average Bonchev–Trinajstić information content (AvgIpc) is 3.34. The summed E-state index contributed by atoms with van der Waals surface area (Å²) in [6, 6.07) is 12.1. The molecule has 1 fully saturated rings. The van der Waals surface area contributed by atoms with Gasteiger partial charge in [-0.1, -0.05) is 0 Å². The van der Waals surface area contributed by atoms with Crippen LogP contribution in [-0.2, 0) is 7.05 Å². The third-order valence-corrected chi connectivity index (χ3v) is 7.00. The molecule has 1 aliphatic rings. The number of nitriles is 1. The monoisotopic (exact) mass is 485 g/mol. The van der Waals surface area contributed by atoms with Crippen molar-refractivity contribution < 1.29 is 9.18 Å². The Kier molecular flexibility index (Phi) is 6.06. The first kappa shape index (κ1) is 23.7. The fourth-order valence-corrected chi connectivity index (χ4v) is 4.96. The highest BCUT2D eigenvalue weighted by atomic mass is 19.1. The van der Waals surface area contributed by atoms with Gasteiger partial charge in [-0.15, -0.1) is 0 Å². The second-order valence-electron chi connectivity index (χ2n) is 9.50. The Balaban J connectivity index is 1.64. The summed E-state index contributed by atoms with van der Waals surface area (Å²) in [7, 11) is 3.94. The lowest BCUT2D eigenvalue weighted by atomic mass is 10.1. The zero-order valence-corrected chi connectivity index (χ0v) is 20.8. The van der Waals surface area contributed by atoms with Crippen molar-refractivity contribution in [3.8, 4) is 23.1 Å². The van der Waals surface area contributed by atoms with Gasteiger partial charge >= 0.3 is 0 Å². The zero-order chi connectivity index (χ0) is 25.6. The van der Waals surface area contributed by atoms with E-state index >= 15 is 0 Å². The molecule has 0 unspecified atom stereocenters. The molecule has 0 bridgehead atoms. The molecular formula is C27H28FN7O. The summed E-state index contributed by atoms with van der Waals surface area (Å²) in [5, 5.41) is 17.8. The van der Waals surface area contributed by atoms with Gasteiger partial charge in [-0.25, -0.2) is 9.37 Å². The van der Waals surface area contributed by atoms with Crippen LogP contribution in [-0.4, -0.2) is 56.3 Å². The molecule has 184 valence electrons. The number of aromatic nitrogens is 4. The molecule has 2 aromatic heterocycles. The number of amides is 1. The Hall–Kier alpha value is -4.03. The predicted molar refractivity (Wildman–Crippen MR) is 135 cm³/mol. The van der Waals surface area contributed by atoms with Crippen molar-refractivity contribution in [3.63, 3.8) is 0 Å². The standard InChI is InChI=1S/C27H28FN7O/c1-16-22-13-21(9-10-24(22)32-34(16)4)35-17(2)25(27(36)30-20-6-5-11-33(3)15-20)31-26(35)18-7-8-19(14-29)23(28)12-18/h7-10,12-13,20H,5-6,11,15H2,1-4H3,(H,30,36)/t20-/m1/s1. The van der Waals surface area contributed by atoms with Crippen molar-refractivity contribution >= 4 is 16.8 Å². The Morgan fingerprint density at radius 3 is 2.69 bits per heavy atom. The van der Waals surface area contributed by atoms with Gasteiger partial charge in [0.15, 0.2) is 0 Å². The van der Waals surface area contributed by atoms with Gasteiger partial charge in [0, 0.05) is 42.0 Å². The van der Waals surface area contributed by atoms with Gasteiger partial charge in [-0.05, 0) is 76.7 Å². The Morgan fingerprint density at radius 1 is 1.17 bits per heavy atom. The molecule has 0 aliphatic carbocycles. The molecule has 1 N–H and O–H groups in total. The highest BCUT2D eigenvalue weighted by molar-refractivity contribution is 5.95. The molecule has 5 rings (SSSR count). The second-order valence-corrected chi connectivity index (χ2v) is 9.50. The minimum Gasteiger partial charge on any atom is -0.347 e. The van der Waals surface area contributed by atoms with E-state index in [1.807, 2.05) is 61.5 Å². The van der Waals surface area contributed by atoms with Crippen LogP contribution in [0.1, 0.15) is 40.3 Å². The van der Waals surface area contributed by atoms with Crippen LogP contribution in [0.4, 0.5) is 4.39 Å². The first-order chi connectivity index (χ1) is 17.3. The average molecular weight is 486 g/mol. The van der Waals surface area contributed by atoms with Crippen LogP contribution < -0.4 is 5.32 Å². The molecule has 1 saturated heterocycles. The maximum atomic E-state index is 14.6. The summed E-state index contributed by atoms with van der Waals surface area (Å²) in [4.78, 5) is 20.3. The van der Waals surface area contributed by atoms with Gasteiger partial charge in [0.25, 0.3) is 5.91 Å². The van der Waals surface area contributed by atoms with Crippen LogP contribution in [0.25, 0.3) is 28.0 Å². The number of aryl methyl sites for hydroxylation is 2. The maximum absolute atomic E-state index is 14.6. The number of likely N-dealkylation sites (tertiary alicyclic amines) is 1. The maximum Gasteiger partial charge on any atom is 0.272 e. The van der Waals surface area contributed by atoms with Crippen molar-refractivity contribution in [2.24, 2.45) is 7.05 Å². The van der Waals surface area contributed by atoms with E-state index in [1.165, 1.54) is 12.1 Å². The van der Waals surface area contributed by atoms with E-state index in [2.05, 4.69) is 15.3 Å². The molecule has 8 nitrogen and oxygen atoms in total. The molecule has 0 spiro atoms. The molecular weight excluding hydrogens is 457 g/mol. The van der Waals surface area contributed by atoms with E-state index in [0.717, 1.165) is 48.2 Å². The third kappa shape index (κ3) is 4.14. The third-order valence-electron chi connectivity index (χ3n) is 7.00. The molecule has 36 heavy (non-hydrogen) atoms. The Morgan fingerprint density at radius 2 is 1.97 bits per heavy atom. The van der Waals surface area contributed by atoms with E-state index in [4.69, 9.17) is 10.2 Å². The molecule has 4 aromatic rings. The number of halogens is 1. The minimum atomic E-state index is -0.628. The minimum absolute atomic E-state index is 0.0413. The summed E-state index contributed by atoms with van der Waals surface area (Å²) >= 11 is 0. The smallest absolute Gasteiger partial charge is 0.272 e. The van der Waals surface area contributed by atoms with E-state index in [1.54, 1.807) is 6.07 Å². The fraction of sp³-hybridized carbons (Fsp3) is 0.333. The topological polar surface area (TPSA) is 91.8 Å². The molecule has 9 heteroatoms. The van der Waals surface area contributed by atoms with Gasteiger partial charge in [0.05, 0.1) is 16.8 Å². The van der Waals surface area contributed by atoms with E-state index < -0.39 is 5.82 Å². The first-order valence-electron chi connectivity index (χ1n) is 12.0. The summed E-state index contributed by atoms with van der Waals surface area (Å²) in [5.74, 6) is -0.444. The van der Waals surface area contributed by atoms with Crippen molar-refractivity contribution in [2.75, 3.05) is 20.1 Å². The lowest BCUT2D eigenvalue weighted by molar-refractivity contribution is 0.0907. The fourth-order valence-electron chi connectivity index (χ4n) is 4.96. The van der Waals surface area contributed by atoms with Gasteiger partial charge in [-0.3, -0.25) is 14.0 Å². The van der Waals surface area contributed by atoms with Crippen molar-refractivity contribution in [1.82, 2.24) is 29.5 Å². The van der Waals surface area contributed by atoms with Crippen LogP contribution >= 0.6 is 0 Å². The van der Waals surface area contributed by atoms with Gasteiger partial charge in [-0.2, -0.15) is 10.4 Å². The number of rotatable bonds is 4. The number of hydrogen-bond acceptors (Lipinski definition) is 5. The highest BCUT2D eigenvalue weighted by Crippen LogP contribution is 2.30. The lowest BCUT2D eigenvalue weighted by Gasteiger charge is -2.30. The van der Waals surface area contributed by atoms with Gasteiger partial charge in [0.2, 0.25) is 0 Å². The van der Waals surface area contributed by atoms with E-state index in [9.17, 15) is 9.18 Å². The number of piperidine rings is 1. The van der Waals surface area contributed by atoms with Gasteiger partial charge < -0.3 is 10.2 Å². The number of likely N-dealkylation sites (N-methyl/N-ethyl adjacent to an activating group) is 1. The van der Waals surface area contributed by atoms with Crippen LogP contribution in [0, 0.1) is 31.0 Å². The number of fused-ring (bicyclic) bond motifs is 1. The summed E-state index contributed by atoms with van der Waals surface area (Å²) in [6.07, 6.45) is 1.94. The predicted octanol–water partition coefficient (Wildman–Crippen LogP) is 3.88. The Bertz CT molecular complexity index is 1530. The molecule has 0 saturated carbocycles. The number of carbonyl (C=O) groups is 1. The molecule has 1 amide bonds. The van der Waals surface area contributed by atoms with Crippen LogP contribution in [0.3, 0.4) is 0 Å². The number of hydrogen-bond donors (Lipinski definition) is 1. The first-order valence-corrected chi connectivity index (χ1v) is 12.0. The highest BCUT2D eigenvalue weighted by Gasteiger charge is 2.26. The van der Waals surface area contributed by atoms with Crippen LogP contribution in [0.2, 0.25) is 0 Å². The SMILES string of the molecule is Cc1c2cc(-n3c(-c4ccc(C#N)c(F)c4)nc(C(=O)N[C@@H]4CCCN(C)C4)c3C)ccc2nn1C. The number of imidazole rings is 1. The lowest BCUT2D eigenvalue weighted by Crippen LogP contribution is -2.46. The van der Waals surface area contributed by atoms with Crippen molar-refractivity contribution in [3.05, 3.63) is 64.9 Å². The molecule has 1 atom stereocenters. The summed E-state index contributed by atoms with van der Waals surface area (Å²) < 4.78 is 18.3. The molecule has 0 radical (unpaired) electrons. The van der Waals surface area contributed by atoms with E-state index in [-0.39, 0.29) is 17.5 Å². The molecule has 3 heterocycles. The molecule has 1 aliphatic heterocycles. The largest absolute Gasteiger partial charge is 0.347 e. The quantitative estimate of drug-likeness (QED) is 0.474. The van der Waals surface area contributed by atoms with Gasteiger partial charge in [0.1, 0.15) is 23.4 Å². The number of carbonyl (C=O) groups excluding carboxylic acids is 1. The number of benzene rings is 2. The van der Waals surface area contributed by atoms with Crippen molar-refractivity contribution in [1.29, 1.82) is 5.26 Å². The van der Waals surface area contributed by atoms with Crippen molar-refractivity contribution in [2.45, 2.75) is 32.7 Å². The molecule has 2 aromatic carbocycles. The summed E-state index contributed by atoms with van der Waals surface area (Å²) in [5.41, 5.74) is 4.05. The normalized spacial score (nSPS) is 16.3. The van der Waals surface area contributed by atoms with Crippen LogP contribution in [0.5, 0.6) is 0 Å². The van der Waals surface area contributed by atoms with E-state index in [0.29, 0.717) is 22.8 Å². The zero-order valence-electron chi connectivity index (χ0n) is 20.8. The second kappa shape index (κ2) is 9.21. The summed E-state index contributed by atoms with van der Waals surface area (Å²) in [6.45, 7) is 5.65. The number of nitrogens with zero attached hydrogens (tertiary/aromatic N) is 6. The number of nitrogens with one attached hydrogen (secondary N) is 1.